The van der Waals surface area contributed by atoms with Crippen molar-refractivity contribution in [3.05, 3.63) is 91.5 Å². The highest BCUT2D eigenvalue weighted by atomic mass is 127. The van der Waals surface area contributed by atoms with Crippen LogP contribution in [0.2, 0.25) is 18.6 Å². The number of aliphatic hydroxyl groups excluding tert-OH is 1. The van der Waals surface area contributed by atoms with Crippen molar-refractivity contribution in [2.75, 3.05) is 25.2 Å². The molecule has 1 spiro atoms. The fourth-order valence-electron chi connectivity index (χ4n) is 8.19. The molecule has 3 aromatic rings. The van der Waals surface area contributed by atoms with Crippen LogP contribution in [0.1, 0.15) is 37.3 Å². The first-order chi connectivity index (χ1) is 22.4. The summed E-state index contributed by atoms with van der Waals surface area (Å²) >= 11 is 2.24. The summed E-state index contributed by atoms with van der Waals surface area (Å²) in [7, 11) is -0.905. The molecule has 10 nitrogen and oxygen atoms in total. The minimum Gasteiger partial charge on any atom is -0.497 e. The Kier molecular flexibility index (Phi) is 9.24. The Bertz CT molecular complexity index is 1690. The molecule has 47 heavy (non-hydrogen) atoms. The number of amides is 2. The number of aliphatic hydroxyl groups is 1. The minimum atomic E-state index is -2.53. The smallest absolute Gasteiger partial charge is 0.269 e. The van der Waals surface area contributed by atoms with E-state index in [0.29, 0.717) is 17.8 Å². The van der Waals surface area contributed by atoms with Gasteiger partial charge in [-0.25, -0.2) is 0 Å². The second-order valence-electron chi connectivity index (χ2n) is 13.4. The highest BCUT2D eigenvalue weighted by Gasteiger charge is 2.67. The van der Waals surface area contributed by atoms with Crippen LogP contribution in [0, 0.1) is 19.6 Å². The zero-order valence-corrected chi connectivity index (χ0v) is 30.2. The fraction of sp³-hybridized carbons (Fsp3) is 0.429. The van der Waals surface area contributed by atoms with Crippen molar-refractivity contribution in [3.63, 3.8) is 0 Å². The quantitative estimate of drug-likeness (QED) is 0.135. The normalized spacial score (nSPS) is 25.4. The van der Waals surface area contributed by atoms with Gasteiger partial charge in [-0.15, -0.1) is 0 Å². The maximum atomic E-state index is 14.9. The molecule has 2 saturated heterocycles. The van der Waals surface area contributed by atoms with E-state index in [2.05, 4.69) is 47.8 Å². The van der Waals surface area contributed by atoms with Crippen LogP contribution < -0.4 is 14.8 Å². The topological polar surface area (TPSA) is 122 Å². The van der Waals surface area contributed by atoms with Gasteiger partial charge in [0.15, 0.2) is 5.60 Å². The van der Waals surface area contributed by atoms with Gasteiger partial charge in [-0.3, -0.25) is 19.7 Å². The van der Waals surface area contributed by atoms with E-state index in [9.17, 15) is 24.8 Å². The number of carbonyl (C=O) groups is 2. The SMILES string of the molecule is COc1ccc([Si](C)(C)[C@H]2[C@H](CC(=O)N3CCC[C@H]3CO)O[C@@]3(C(=O)N(Cc4ccc(I)cc4)c4ccc([N+](=O)[O-])cc43)[C@@H]2C)cc1. The second-order valence-corrected chi connectivity index (χ2v) is 19.3. The van der Waals surface area contributed by atoms with Crippen LogP contribution >= 0.6 is 22.6 Å². The van der Waals surface area contributed by atoms with E-state index < -0.39 is 30.6 Å². The molecule has 0 bridgehead atoms. The number of likely N-dealkylation sites (tertiary alicyclic amines) is 1. The molecule has 248 valence electrons. The molecule has 2 fully saturated rings. The Morgan fingerprint density at radius 3 is 2.49 bits per heavy atom. The van der Waals surface area contributed by atoms with E-state index in [4.69, 9.17) is 9.47 Å². The van der Waals surface area contributed by atoms with Crippen LogP contribution in [0.4, 0.5) is 11.4 Å². The van der Waals surface area contributed by atoms with Gasteiger partial charge in [0.1, 0.15) is 5.75 Å². The van der Waals surface area contributed by atoms with Crippen LogP contribution in [0.5, 0.6) is 5.75 Å². The van der Waals surface area contributed by atoms with E-state index in [0.717, 1.165) is 32.9 Å². The van der Waals surface area contributed by atoms with Crippen molar-refractivity contribution >= 4 is 59.0 Å². The van der Waals surface area contributed by atoms with Gasteiger partial charge >= 0.3 is 0 Å². The third kappa shape index (κ3) is 5.76. The summed E-state index contributed by atoms with van der Waals surface area (Å²) in [4.78, 5) is 43.9. The number of fused-ring (bicyclic) bond motifs is 2. The van der Waals surface area contributed by atoms with Crippen molar-refractivity contribution in [2.24, 2.45) is 5.92 Å². The number of nitro benzene ring substituents is 1. The lowest BCUT2D eigenvalue weighted by Crippen LogP contribution is -2.52. The van der Waals surface area contributed by atoms with Gasteiger partial charge in [0.05, 0.1) is 57.5 Å². The molecule has 0 saturated carbocycles. The molecule has 0 radical (unpaired) electrons. The molecule has 0 aliphatic carbocycles. The summed E-state index contributed by atoms with van der Waals surface area (Å²) < 4.78 is 13.5. The molecule has 3 aliphatic heterocycles. The van der Waals surface area contributed by atoms with E-state index in [1.165, 1.54) is 12.1 Å². The first kappa shape index (κ1) is 33.6. The molecule has 6 rings (SSSR count). The van der Waals surface area contributed by atoms with E-state index in [-0.39, 0.29) is 48.7 Å². The summed E-state index contributed by atoms with van der Waals surface area (Å²) in [5, 5.41) is 23.1. The van der Waals surface area contributed by atoms with Gasteiger partial charge in [-0.05, 0) is 76.9 Å². The first-order valence-corrected chi connectivity index (χ1v) is 20.2. The molecule has 3 aromatic carbocycles. The molecule has 2 amide bonds. The molecule has 0 unspecified atom stereocenters. The van der Waals surface area contributed by atoms with Crippen LogP contribution in [-0.2, 0) is 26.5 Å². The number of nitrogens with zero attached hydrogens (tertiary/aromatic N) is 3. The molecular weight excluding hydrogens is 729 g/mol. The zero-order valence-electron chi connectivity index (χ0n) is 27.0. The molecule has 0 aromatic heterocycles. The molecule has 3 heterocycles. The number of nitro groups is 1. The van der Waals surface area contributed by atoms with Gasteiger partial charge in [0.2, 0.25) is 5.91 Å². The minimum absolute atomic E-state index is 0.0501. The third-order valence-corrected chi connectivity index (χ3v) is 15.6. The number of rotatable bonds is 9. The summed E-state index contributed by atoms with van der Waals surface area (Å²) in [6, 6.07) is 20.2. The predicted molar refractivity (Wildman–Crippen MR) is 189 cm³/mol. The van der Waals surface area contributed by atoms with Crippen LogP contribution in [0.3, 0.4) is 0 Å². The largest absolute Gasteiger partial charge is 0.497 e. The van der Waals surface area contributed by atoms with Crippen molar-refractivity contribution in [3.8, 4) is 5.75 Å². The van der Waals surface area contributed by atoms with Crippen molar-refractivity contribution in [1.82, 2.24) is 4.90 Å². The van der Waals surface area contributed by atoms with Crippen LogP contribution in [0.25, 0.3) is 0 Å². The zero-order chi connectivity index (χ0) is 33.7. The Balaban J connectivity index is 1.47. The van der Waals surface area contributed by atoms with Crippen molar-refractivity contribution in [2.45, 2.75) is 69.1 Å². The summed E-state index contributed by atoms with van der Waals surface area (Å²) in [5.41, 5.74) is 0.145. The Morgan fingerprint density at radius 1 is 1.15 bits per heavy atom. The molecule has 5 atom stereocenters. The lowest BCUT2D eigenvalue weighted by Gasteiger charge is -2.37. The van der Waals surface area contributed by atoms with E-state index >= 15 is 0 Å². The van der Waals surface area contributed by atoms with Gasteiger partial charge in [-0.2, -0.15) is 0 Å². The number of hydrogen-bond acceptors (Lipinski definition) is 7. The number of ether oxygens (including phenoxy) is 2. The number of carbonyl (C=O) groups excluding carboxylic acids is 2. The maximum absolute atomic E-state index is 14.9. The predicted octanol–water partition coefficient (Wildman–Crippen LogP) is 5.34. The lowest BCUT2D eigenvalue weighted by molar-refractivity contribution is -0.385. The van der Waals surface area contributed by atoms with Crippen LogP contribution in [0.15, 0.2) is 66.7 Å². The summed E-state index contributed by atoms with van der Waals surface area (Å²) in [6.45, 7) is 7.22. The fourth-order valence-corrected chi connectivity index (χ4v) is 12.6. The van der Waals surface area contributed by atoms with Crippen LogP contribution in [-0.4, -0.2) is 67.2 Å². The maximum Gasteiger partial charge on any atom is 0.269 e. The number of hydrogen-bond donors (Lipinski definition) is 1. The van der Waals surface area contributed by atoms with Gasteiger partial charge < -0.3 is 24.4 Å². The molecular formula is C35H40IN3O7Si. The summed E-state index contributed by atoms with van der Waals surface area (Å²) in [5.74, 6) is -0.0556. The summed E-state index contributed by atoms with van der Waals surface area (Å²) in [6.07, 6.45) is 0.984. The van der Waals surface area contributed by atoms with E-state index in [1.807, 2.05) is 43.3 Å². The Hall–Kier alpha value is -3.33. The highest BCUT2D eigenvalue weighted by molar-refractivity contribution is 14.1. The molecule has 12 heteroatoms. The monoisotopic (exact) mass is 769 g/mol. The number of non-ortho nitro benzene ring substituents is 1. The van der Waals surface area contributed by atoms with Gasteiger partial charge in [0.25, 0.3) is 11.6 Å². The second kappa shape index (κ2) is 12.9. The third-order valence-electron chi connectivity index (χ3n) is 10.6. The highest BCUT2D eigenvalue weighted by Crippen LogP contribution is 2.60. The molecule has 1 N–H and O–H groups in total. The average Bonchev–Trinajstić information content (AvgIpc) is 3.72. The number of benzene rings is 3. The van der Waals surface area contributed by atoms with Crippen molar-refractivity contribution in [1.29, 1.82) is 0 Å². The Morgan fingerprint density at radius 2 is 1.85 bits per heavy atom. The first-order valence-electron chi connectivity index (χ1n) is 16.0. The van der Waals surface area contributed by atoms with E-state index in [1.54, 1.807) is 23.0 Å². The van der Waals surface area contributed by atoms with Gasteiger partial charge in [0, 0.05) is 33.7 Å². The number of anilines is 1. The number of halogens is 1. The Labute approximate surface area is 289 Å². The molecule has 3 aliphatic rings. The number of methoxy groups -OCH3 is 1. The lowest BCUT2D eigenvalue weighted by atomic mass is 9.82. The standard InChI is InChI=1S/C35H40IN3O7Si/c1-22-33(47(3,4)28-14-12-27(45-2)13-15-28)31(19-32(41)37-17-5-6-26(37)21-40)46-35(22)29-18-25(39(43)44)11-16-30(29)38(34(35)42)20-23-7-9-24(36)10-8-23/h7-16,18,22,26,31,33,40H,5-6,17,19-21H2,1-4H3/t22-,26+,31+,33-,35+/m1/s1. The van der Waals surface area contributed by atoms with Gasteiger partial charge in [-0.1, -0.05) is 49.5 Å². The van der Waals surface area contributed by atoms with Crippen molar-refractivity contribution < 1.29 is 29.1 Å². The average molecular weight is 770 g/mol.